The van der Waals surface area contributed by atoms with E-state index in [1.54, 1.807) is 18.3 Å². The number of ether oxygens (including phenoxy) is 2. The minimum absolute atomic E-state index is 0.377. The van der Waals surface area contributed by atoms with Crippen LogP contribution in [0, 0.1) is 6.92 Å². The normalized spacial score (nSPS) is 13.2. The molecule has 2 heterocycles. The van der Waals surface area contributed by atoms with E-state index < -0.39 is 6.03 Å². The van der Waals surface area contributed by atoms with Crippen molar-refractivity contribution >= 4 is 33.5 Å². The number of aryl methyl sites for hydroxylation is 1. The van der Waals surface area contributed by atoms with Crippen molar-refractivity contribution in [2.45, 2.75) is 20.8 Å². The SMILES string of the molecule is CC.CN1CCOCC1.COc1ccc(Br)cc1NC(=O)Nc1cnc(C)cn1. The van der Waals surface area contributed by atoms with Crippen LogP contribution in [0.5, 0.6) is 5.75 Å². The topological polar surface area (TPSA) is 88.6 Å². The van der Waals surface area contributed by atoms with Gasteiger partial charge in [-0.25, -0.2) is 9.78 Å². The molecule has 160 valence electrons. The Bertz CT molecular complexity index is 737. The Morgan fingerprint density at radius 3 is 2.38 bits per heavy atom. The zero-order chi connectivity index (χ0) is 21.6. The highest BCUT2D eigenvalue weighted by Crippen LogP contribution is 2.27. The van der Waals surface area contributed by atoms with Crippen LogP contribution < -0.4 is 15.4 Å². The summed E-state index contributed by atoms with van der Waals surface area (Å²) in [5, 5.41) is 5.29. The molecule has 3 rings (SSSR count). The maximum atomic E-state index is 11.9. The summed E-state index contributed by atoms with van der Waals surface area (Å²) in [7, 11) is 3.65. The molecule has 0 saturated carbocycles. The standard InChI is InChI=1S/C13H13BrN4O2.C5H11NO.C2H6/c1-8-6-16-12(7-15-8)18-13(19)17-10-5-9(14)3-4-11(10)20-2;1-6-2-4-7-5-3-6;1-2/h3-7H,1-2H3,(H2,16,17,18,19);2-5H2,1H3;1-2H3. The van der Waals surface area contributed by atoms with E-state index in [0.29, 0.717) is 17.3 Å². The summed E-state index contributed by atoms with van der Waals surface area (Å²) in [6.45, 7) is 9.84. The van der Waals surface area contributed by atoms with Gasteiger partial charge in [-0.15, -0.1) is 0 Å². The molecule has 1 aromatic carbocycles. The summed E-state index contributed by atoms with van der Waals surface area (Å²) in [5.74, 6) is 0.945. The van der Waals surface area contributed by atoms with Crippen LogP contribution in [-0.2, 0) is 4.74 Å². The predicted molar refractivity (Wildman–Crippen MR) is 120 cm³/mol. The van der Waals surface area contributed by atoms with Gasteiger partial charge in [-0.05, 0) is 32.2 Å². The number of anilines is 2. The third-order valence-corrected chi connectivity index (χ3v) is 4.16. The third-order valence-electron chi connectivity index (χ3n) is 3.67. The number of amides is 2. The van der Waals surface area contributed by atoms with Crippen LogP contribution in [-0.4, -0.2) is 61.4 Å². The number of halogens is 1. The molecule has 0 bridgehead atoms. The molecule has 2 N–H and O–H groups in total. The molecular formula is C20H30BrN5O3. The molecule has 2 amide bonds. The summed E-state index contributed by atoms with van der Waals surface area (Å²) >= 11 is 3.34. The minimum atomic E-state index is -0.417. The lowest BCUT2D eigenvalue weighted by Crippen LogP contribution is -2.32. The molecule has 0 radical (unpaired) electrons. The van der Waals surface area contributed by atoms with Crippen molar-refractivity contribution in [2.75, 3.05) is 51.1 Å². The van der Waals surface area contributed by atoms with Gasteiger partial charge in [0.2, 0.25) is 0 Å². The number of aromatic nitrogens is 2. The van der Waals surface area contributed by atoms with Gasteiger partial charge in [-0.2, -0.15) is 0 Å². The summed E-state index contributed by atoms with van der Waals surface area (Å²) in [6.07, 6.45) is 3.07. The molecule has 1 aliphatic rings. The maximum Gasteiger partial charge on any atom is 0.325 e. The van der Waals surface area contributed by atoms with Crippen LogP contribution in [0.15, 0.2) is 35.1 Å². The third kappa shape index (κ3) is 9.69. The van der Waals surface area contributed by atoms with Crippen LogP contribution in [0.1, 0.15) is 19.5 Å². The first-order chi connectivity index (χ1) is 14.0. The monoisotopic (exact) mass is 467 g/mol. The summed E-state index contributed by atoms with van der Waals surface area (Å²) in [6, 6.07) is 4.91. The highest BCUT2D eigenvalue weighted by atomic mass is 79.9. The van der Waals surface area contributed by atoms with Crippen LogP contribution in [0.2, 0.25) is 0 Å². The van der Waals surface area contributed by atoms with Crippen LogP contribution in [0.4, 0.5) is 16.3 Å². The average Bonchev–Trinajstić information content (AvgIpc) is 2.72. The second-order valence-corrected chi connectivity index (χ2v) is 6.80. The minimum Gasteiger partial charge on any atom is -0.495 e. The Morgan fingerprint density at radius 1 is 1.17 bits per heavy atom. The molecule has 29 heavy (non-hydrogen) atoms. The van der Waals surface area contributed by atoms with Crippen molar-refractivity contribution in [3.8, 4) is 5.75 Å². The van der Waals surface area contributed by atoms with Crippen LogP contribution in [0.25, 0.3) is 0 Å². The highest BCUT2D eigenvalue weighted by molar-refractivity contribution is 9.10. The molecule has 1 aromatic heterocycles. The Balaban J connectivity index is 0.000000390. The number of nitrogens with zero attached hydrogens (tertiary/aromatic N) is 3. The number of urea groups is 1. The number of nitrogens with one attached hydrogen (secondary N) is 2. The molecular weight excluding hydrogens is 438 g/mol. The number of benzene rings is 1. The van der Waals surface area contributed by atoms with Gasteiger partial charge in [0, 0.05) is 17.6 Å². The van der Waals surface area contributed by atoms with E-state index in [1.807, 2.05) is 26.8 Å². The number of hydrogen-bond acceptors (Lipinski definition) is 6. The fraction of sp³-hybridized carbons (Fsp3) is 0.450. The van der Waals surface area contributed by atoms with Crippen LogP contribution in [0.3, 0.4) is 0 Å². The second kappa shape index (κ2) is 13.9. The van der Waals surface area contributed by atoms with Gasteiger partial charge < -0.3 is 19.7 Å². The van der Waals surface area contributed by atoms with Gasteiger partial charge in [0.15, 0.2) is 5.82 Å². The van der Waals surface area contributed by atoms with Crippen LogP contribution >= 0.6 is 15.9 Å². The molecule has 0 aliphatic carbocycles. The van der Waals surface area contributed by atoms with Crippen molar-refractivity contribution in [3.05, 3.63) is 40.8 Å². The van der Waals surface area contributed by atoms with Crippen molar-refractivity contribution in [3.63, 3.8) is 0 Å². The van der Waals surface area contributed by atoms with Gasteiger partial charge in [0.1, 0.15) is 5.75 Å². The van der Waals surface area contributed by atoms with Crippen molar-refractivity contribution in [1.82, 2.24) is 14.9 Å². The number of likely N-dealkylation sites (N-methyl/N-ethyl adjacent to an activating group) is 1. The fourth-order valence-corrected chi connectivity index (χ4v) is 2.52. The Kier molecular flexibility index (Phi) is 11.9. The fourth-order valence-electron chi connectivity index (χ4n) is 2.16. The molecule has 8 nitrogen and oxygen atoms in total. The molecule has 1 fully saturated rings. The van der Waals surface area contributed by atoms with E-state index in [2.05, 4.69) is 48.5 Å². The Hall–Kier alpha value is -2.23. The largest absolute Gasteiger partial charge is 0.495 e. The maximum absolute atomic E-state index is 11.9. The number of carbonyl (C=O) groups is 1. The zero-order valence-corrected chi connectivity index (χ0v) is 19.2. The number of morpholine rings is 1. The first kappa shape index (κ1) is 24.8. The smallest absolute Gasteiger partial charge is 0.325 e. The average molecular weight is 468 g/mol. The quantitative estimate of drug-likeness (QED) is 0.703. The van der Waals surface area contributed by atoms with Gasteiger partial charge in [0.25, 0.3) is 0 Å². The molecule has 1 aliphatic heterocycles. The summed E-state index contributed by atoms with van der Waals surface area (Å²) in [4.78, 5) is 22.2. The van der Waals surface area contributed by atoms with E-state index in [9.17, 15) is 4.79 Å². The van der Waals surface area contributed by atoms with Crippen molar-refractivity contribution in [2.24, 2.45) is 0 Å². The lowest BCUT2D eigenvalue weighted by molar-refractivity contribution is 0.0503. The molecule has 0 unspecified atom stereocenters. The summed E-state index contributed by atoms with van der Waals surface area (Å²) < 4.78 is 11.1. The Labute approximate surface area is 181 Å². The van der Waals surface area contributed by atoms with E-state index in [1.165, 1.54) is 13.3 Å². The first-order valence-corrected chi connectivity index (χ1v) is 10.2. The molecule has 2 aromatic rings. The van der Waals surface area contributed by atoms with Gasteiger partial charge in [0.05, 0.1) is 44.1 Å². The number of rotatable bonds is 3. The first-order valence-electron chi connectivity index (χ1n) is 9.44. The van der Waals surface area contributed by atoms with E-state index >= 15 is 0 Å². The lowest BCUT2D eigenvalue weighted by atomic mass is 10.3. The van der Waals surface area contributed by atoms with Gasteiger partial charge in [-0.1, -0.05) is 29.8 Å². The van der Waals surface area contributed by atoms with Crippen molar-refractivity contribution < 1.29 is 14.3 Å². The zero-order valence-electron chi connectivity index (χ0n) is 17.7. The number of methoxy groups -OCH3 is 1. The molecule has 0 spiro atoms. The Morgan fingerprint density at radius 2 is 1.86 bits per heavy atom. The van der Waals surface area contributed by atoms with E-state index in [-0.39, 0.29) is 0 Å². The van der Waals surface area contributed by atoms with E-state index in [4.69, 9.17) is 9.47 Å². The number of hydrogen-bond donors (Lipinski definition) is 2. The highest BCUT2D eigenvalue weighted by Gasteiger charge is 2.09. The van der Waals surface area contributed by atoms with Gasteiger partial charge >= 0.3 is 6.03 Å². The molecule has 9 heteroatoms. The lowest BCUT2D eigenvalue weighted by Gasteiger charge is -2.21. The van der Waals surface area contributed by atoms with Crippen molar-refractivity contribution in [1.29, 1.82) is 0 Å². The van der Waals surface area contributed by atoms with Gasteiger partial charge in [-0.3, -0.25) is 10.3 Å². The predicted octanol–water partition coefficient (Wildman–Crippen LogP) is 4.17. The molecule has 1 saturated heterocycles. The second-order valence-electron chi connectivity index (χ2n) is 5.88. The summed E-state index contributed by atoms with van der Waals surface area (Å²) in [5.41, 5.74) is 1.34. The number of carbonyl (C=O) groups excluding carboxylic acids is 1. The van der Waals surface area contributed by atoms with E-state index in [0.717, 1.165) is 36.5 Å². The molecule has 0 atom stereocenters.